The first-order valence-electron chi connectivity index (χ1n) is 5.07. The molecule has 0 radical (unpaired) electrons. The first kappa shape index (κ1) is 11.9. The molecule has 0 fully saturated rings. The van der Waals surface area contributed by atoms with Crippen molar-refractivity contribution in [2.75, 3.05) is 13.6 Å². The summed E-state index contributed by atoms with van der Waals surface area (Å²) in [5, 5.41) is 2.80. The van der Waals surface area contributed by atoms with E-state index in [-0.39, 0.29) is 18.1 Å². The summed E-state index contributed by atoms with van der Waals surface area (Å²) in [6.07, 6.45) is 0.603. The van der Waals surface area contributed by atoms with Crippen LogP contribution < -0.4 is 5.32 Å². The van der Waals surface area contributed by atoms with Crippen LogP contribution in [0.1, 0.15) is 28.4 Å². The van der Waals surface area contributed by atoms with E-state index in [1.165, 1.54) is 6.07 Å². The van der Waals surface area contributed by atoms with Gasteiger partial charge >= 0.3 is 0 Å². The first-order valence-corrected chi connectivity index (χ1v) is 5.07. The summed E-state index contributed by atoms with van der Waals surface area (Å²) in [5.41, 5.74) is 1.91. The second-order valence-electron chi connectivity index (χ2n) is 3.57. The molecule has 0 aliphatic carbocycles. The highest BCUT2D eigenvalue weighted by atomic mass is 19.1. The number of carbonyl (C=O) groups excluding carboxylic acids is 1. The third-order valence-electron chi connectivity index (χ3n) is 2.41. The van der Waals surface area contributed by atoms with Crippen LogP contribution in [0.4, 0.5) is 4.39 Å². The lowest BCUT2D eigenvalue weighted by Gasteiger charge is -2.08. The fraction of sp³-hybridized carbons (Fsp3) is 0.417. The van der Waals surface area contributed by atoms with E-state index in [1.54, 1.807) is 20.0 Å². The molecule has 1 aromatic carbocycles. The van der Waals surface area contributed by atoms with Crippen molar-refractivity contribution in [1.82, 2.24) is 5.32 Å². The van der Waals surface area contributed by atoms with E-state index in [0.717, 1.165) is 0 Å². The van der Waals surface area contributed by atoms with E-state index in [4.69, 9.17) is 0 Å². The van der Waals surface area contributed by atoms with Gasteiger partial charge in [-0.2, -0.15) is 0 Å². The topological polar surface area (TPSA) is 29.1 Å². The molecular formula is C12H16FNO. The van der Waals surface area contributed by atoms with E-state index in [9.17, 15) is 9.18 Å². The zero-order chi connectivity index (χ0) is 11.4. The van der Waals surface area contributed by atoms with Gasteiger partial charge in [-0.3, -0.25) is 4.79 Å². The molecule has 0 aliphatic rings. The fourth-order valence-electron chi connectivity index (χ4n) is 1.54. The molecule has 1 aromatic rings. The Morgan fingerprint density at radius 3 is 2.67 bits per heavy atom. The number of likely N-dealkylation sites (N-methyl/N-ethyl adjacent to an activating group) is 1. The Morgan fingerprint density at radius 1 is 1.47 bits per heavy atom. The Labute approximate surface area is 89.5 Å². The number of rotatable bonds is 4. The molecule has 0 spiro atoms. The van der Waals surface area contributed by atoms with Crippen LogP contribution in [0.2, 0.25) is 0 Å². The van der Waals surface area contributed by atoms with Crippen LogP contribution in [0, 0.1) is 12.7 Å². The number of ketones is 1. The first-order chi connectivity index (χ1) is 7.10. The zero-order valence-electron chi connectivity index (χ0n) is 9.36. The quantitative estimate of drug-likeness (QED) is 0.769. The van der Waals surface area contributed by atoms with Crippen LogP contribution in [0.25, 0.3) is 0 Å². The minimum absolute atomic E-state index is 0.00435. The molecule has 0 saturated carbocycles. The minimum atomic E-state index is -0.226. The summed E-state index contributed by atoms with van der Waals surface area (Å²) in [4.78, 5) is 11.7. The van der Waals surface area contributed by atoms with Crippen molar-refractivity contribution in [1.29, 1.82) is 0 Å². The molecule has 1 rings (SSSR count). The lowest BCUT2D eigenvalue weighted by Crippen LogP contribution is -2.19. The summed E-state index contributed by atoms with van der Waals surface area (Å²) in [6, 6.07) is 3.09. The van der Waals surface area contributed by atoms with Crippen molar-refractivity contribution in [3.8, 4) is 0 Å². The minimum Gasteiger partial charge on any atom is -0.313 e. The molecule has 0 aromatic heterocycles. The number of hydrogen-bond donors (Lipinski definition) is 1. The molecule has 0 bridgehead atoms. The second-order valence-corrected chi connectivity index (χ2v) is 3.57. The van der Waals surface area contributed by atoms with Crippen molar-refractivity contribution in [2.45, 2.75) is 20.3 Å². The summed E-state index contributed by atoms with van der Waals surface area (Å²) in [6.45, 7) is 3.92. The van der Waals surface area contributed by atoms with Gasteiger partial charge in [0.2, 0.25) is 0 Å². The maximum Gasteiger partial charge on any atom is 0.176 e. The Hall–Kier alpha value is -1.22. The Morgan fingerprint density at radius 2 is 2.13 bits per heavy atom. The molecule has 82 valence electrons. The Bertz CT molecular complexity index is 374. The van der Waals surface area contributed by atoms with Gasteiger partial charge in [0.1, 0.15) is 5.82 Å². The van der Waals surface area contributed by atoms with Gasteiger partial charge in [0.15, 0.2) is 5.78 Å². The largest absolute Gasteiger partial charge is 0.313 e. The lowest BCUT2D eigenvalue weighted by atomic mass is 9.99. The van der Waals surface area contributed by atoms with Crippen molar-refractivity contribution in [2.24, 2.45) is 0 Å². The van der Waals surface area contributed by atoms with Crippen LogP contribution in [0.3, 0.4) is 0 Å². The number of hydrogen-bond acceptors (Lipinski definition) is 2. The summed E-state index contributed by atoms with van der Waals surface area (Å²) in [7, 11) is 1.72. The van der Waals surface area contributed by atoms with Gasteiger partial charge in [-0.15, -0.1) is 0 Å². The standard InChI is InChI=1S/C12H16FNO/c1-4-9-6-10(12(15)7-14-3)8(2)5-11(9)13/h5-6,14H,4,7H2,1-3H3. The normalized spacial score (nSPS) is 10.4. The number of Topliss-reactive ketones (excluding diaryl/α,β-unsaturated/α-hetero) is 1. The van der Waals surface area contributed by atoms with E-state index in [0.29, 0.717) is 23.1 Å². The number of carbonyl (C=O) groups is 1. The predicted molar refractivity (Wildman–Crippen MR) is 58.8 cm³/mol. The van der Waals surface area contributed by atoms with Gasteiger partial charge in [-0.05, 0) is 43.7 Å². The van der Waals surface area contributed by atoms with Crippen LogP contribution >= 0.6 is 0 Å². The van der Waals surface area contributed by atoms with Gasteiger partial charge in [0, 0.05) is 5.56 Å². The SMILES string of the molecule is CCc1cc(C(=O)CNC)c(C)cc1F. The third kappa shape index (κ3) is 2.63. The number of halogens is 1. The molecule has 2 nitrogen and oxygen atoms in total. The van der Waals surface area contributed by atoms with Gasteiger partial charge in [0.25, 0.3) is 0 Å². The molecular weight excluding hydrogens is 193 g/mol. The monoisotopic (exact) mass is 209 g/mol. The van der Waals surface area contributed by atoms with Gasteiger partial charge in [0.05, 0.1) is 6.54 Å². The van der Waals surface area contributed by atoms with E-state index < -0.39 is 0 Å². The van der Waals surface area contributed by atoms with Crippen LogP contribution in [0.5, 0.6) is 0 Å². The Balaban J connectivity index is 3.12. The maximum atomic E-state index is 13.4. The smallest absolute Gasteiger partial charge is 0.176 e. The highest BCUT2D eigenvalue weighted by molar-refractivity contribution is 5.99. The van der Waals surface area contributed by atoms with Gasteiger partial charge in [-0.25, -0.2) is 4.39 Å². The maximum absolute atomic E-state index is 13.4. The Kier molecular flexibility index (Phi) is 3.97. The average molecular weight is 209 g/mol. The van der Waals surface area contributed by atoms with Crippen molar-refractivity contribution >= 4 is 5.78 Å². The molecule has 0 saturated heterocycles. The summed E-state index contributed by atoms with van der Waals surface area (Å²) >= 11 is 0. The van der Waals surface area contributed by atoms with Crippen LogP contribution in [-0.4, -0.2) is 19.4 Å². The molecule has 0 unspecified atom stereocenters. The molecule has 15 heavy (non-hydrogen) atoms. The van der Waals surface area contributed by atoms with Crippen LogP contribution in [-0.2, 0) is 6.42 Å². The fourth-order valence-corrected chi connectivity index (χ4v) is 1.54. The average Bonchev–Trinajstić information content (AvgIpc) is 2.18. The van der Waals surface area contributed by atoms with Crippen molar-refractivity contribution < 1.29 is 9.18 Å². The van der Waals surface area contributed by atoms with E-state index in [2.05, 4.69) is 5.32 Å². The van der Waals surface area contributed by atoms with Gasteiger partial charge in [-0.1, -0.05) is 6.92 Å². The molecule has 0 aliphatic heterocycles. The molecule has 0 atom stereocenters. The van der Waals surface area contributed by atoms with E-state index in [1.807, 2.05) is 6.92 Å². The van der Waals surface area contributed by atoms with Crippen LogP contribution in [0.15, 0.2) is 12.1 Å². The highest BCUT2D eigenvalue weighted by Gasteiger charge is 2.11. The summed E-state index contributed by atoms with van der Waals surface area (Å²) < 4.78 is 13.4. The van der Waals surface area contributed by atoms with Crippen molar-refractivity contribution in [3.05, 3.63) is 34.6 Å². The number of aryl methyl sites for hydroxylation is 2. The predicted octanol–water partition coefficient (Wildman–Crippen LogP) is 2.10. The summed E-state index contributed by atoms with van der Waals surface area (Å²) in [5.74, 6) is -0.222. The van der Waals surface area contributed by atoms with E-state index >= 15 is 0 Å². The van der Waals surface area contributed by atoms with Crippen molar-refractivity contribution in [3.63, 3.8) is 0 Å². The molecule has 0 amide bonds. The van der Waals surface area contributed by atoms with Gasteiger partial charge < -0.3 is 5.32 Å². The molecule has 3 heteroatoms. The highest BCUT2D eigenvalue weighted by Crippen LogP contribution is 2.16. The second kappa shape index (κ2) is 5.03. The zero-order valence-corrected chi connectivity index (χ0v) is 9.36. The third-order valence-corrected chi connectivity index (χ3v) is 2.41. The molecule has 0 heterocycles. The number of nitrogens with one attached hydrogen (secondary N) is 1. The number of benzene rings is 1. The lowest BCUT2D eigenvalue weighted by molar-refractivity contribution is 0.0993. The molecule has 1 N–H and O–H groups in total.